The molecule has 2 aromatic carbocycles. The van der Waals surface area contributed by atoms with Gasteiger partial charge in [0.15, 0.2) is 0 Å². The summed E-state index contributed by atoms with van der Waals surface area (Å²) in [6.07, 6.45) is 0. The van der Waals surface area contributed by atoms with Crippen LogP contribution in [0.25, 0.3) is 0 Å². The third-order valence-corrected chi connectivity index (χ3v) is 2.30. The van der Waals surface area contributed by atoms with Crippen LogP contribution in [0.4, 0.5) is 14.5 Å². The topological polar surface area (TPSA) is 72.6 Å². The van der Waals surface area contributed by atoms with Crippen LogP contribution < -0.4 is 10.5 Å². The van der Waals surface area contributed by atoms with Gasteiger partial charge in [-0.1, -0.05) is 0 Å². The summed E-state index contributed by atoms with van der Waals surface area (Å²) in [6.45, 7) is 0. The summed E-state index contributed by atoms with van der Waals surface area (Å²) in [5, 5.41) is 8.97. The van der Waals surface area contributed by atoms with Crippen LogP contribution in [0.3, 0.4) is 0 Å². The van der Waals surface area contributed by atoms with Crippen molar-refractivity contribution in [1.29, 1.82) is 0 Å². The molecular formula is C13H9F2NO3. The van der Waals surface area contributed by atoms with Crippen molar-refractivity contribution in [2.75, 3.05) is 5.73 Å². The van der Waals surface area contributed by atoms with Gasteiger partial charge in [0.2, 0.25) is 0 Å². The molecule has 4 nitrogen and oxygen atoms in total. The average Bonchev–Trinajstić information content (AvgIpc) is 2.26. The predicted molar refractivity (Wildman–Crippen MR) is 64.2 cm³/mol. The number of benzene rings is 2. The number of nitrogen functional groups attached to an aromatic ring is 1. The molecule has 0 saturated heterocycles. The number of aromatic carboxylic acids is 1. The van der Waals surface area contributed by atoms with Crippen LogP contribution in [-0.4, -0.2) is 11.1 Å². The van der Waals surface area contributed by atoms with Gasteiger partial charge in [-0.05, 0) is 12.1 Å². The van der Waals surface area contributed by atoms with Crippen LogP contribution in [0.15, 0.2) is 36.4 Å². The molecule has 0 heterocycles. The van der Waals surface area contributed by atoms with Crippen LogP contribution in [0, 0.1) is 11.6 Å². The van der Waals surface area contributed by atoms with Gasteiger partial charge in [0.1, 0.15) is 28.7 Å². The summed E-state index contributed by atoms with van der Waals surface area (Å²) in [5.74, 6) is -3.11. The van der Waals surface area contributed by atoms with Gasteiger partial charge in [0.05, 0.1) is 0 Å². The first kappa shape index (κ1) is 12.8. The zero-order chi connectivity index (χ0) is 14.0. The zero-order valence-corrected chi connectivity index (χ0v) is 9.56. The van der Waals surface area contributed by atoms with Gasteiger partial charge in [-0.15, -0.1) is 0 Å². The van der Waals surface area contributed by atoms with Crippen LogP contribution in [-0.2, 0) is 0 Å². The van der Waals surface area contributed by atoms with E-state index in [4.69, 9.17) is 15.6 Å². The molecule has 98 valence electrons. The first-order valence-electron chi connectivity index (χ1n) is 5.22. The molecule has 19 heavy (non-hydrogen) atoms. The smallest absolute Gasteiger partial charge is 0.339 e. The fraction of sp³-hybridized carbons (Fsp3) is 0. The van der Waals surface area contributed by atoms with E-state index in [1.165, 1.54) is 18.2 Å². The first-order chi connectivity index (χ1) is 8.95. The Labute approximate surface area is 107 Å². The molecule has 0 aliphatic rings. The van der Waals surface area contributed by atoms with Crippen molar-refractivity contribution in [3.63, 3.8) is 0 Å². The molecule has 0 radical (unpaired) electrons. The molecule has 0 spiro atoms. The molecule has 0 aromatic heterocycles. The average molecular weight is 265 g/mol. The minimum Gasteiger partial charge on any atom is -0.478 e. The molecule has 0 aliphatic heterocycles. The van der Waals surface area contributed by atoms with Crippen molar-refractivity contribution in [3.05, 3.63) is 53.6 Å². The monoisotopic (exact) mass is 265 g/mol. The van der Waals surface area contributed by atoms with E-state index >= 15 is 0 Å². The zero-order valence-electron chi connectivity index (χ0n) is 9.56. The van der Waals surface area contributed by atoms with Crippen LogP contribution in [0.1, 0.15) is 10.4 Å². The minimum atomic E-state index is -1.23. The predicted octanol–water partition coefficient (Wildman–Crippen LogP) is 3.04. The number of halogens is 2. The summed E-state index contributed by atoms with van der Waals surface area (Å²) in [7, 11) is 0. The number of carboxylic acid groups (broad SMARTS) is 1. The number of anilines is 1. The van der Waals surface area contributed by atoms with E-state index in [9.17, 15) is 13.6 Å². The maximum Gasteiger partial charge on any atom is 0.339 e. The maximum atomic E-state index is 13.0. The van der Waals surface area contributed by atoms with Gasteiger partial charge < -0.3 is 15.6 Å². The van der Waals surface area contributed by atoms with Crippen LogP contribution >= 0.6 is 0 Å². The lowest BCUT2D eigenvalue weighted by molar-refractivity contribution is 0.0694. The Morgan fingerprint density at radius 1 is 1.11 bits per heavy atom. The number of hydrogen-bond donors (Lipinski definition) is 2. The van der Waals surface area contributed by atoms with Gasteiger partial charge in [0, 0.05) is 30.0 Å². The Morgan fingerprint density at radius 3 is 2.32 bits per heavy atom. The van der Waals surface area contributed by atoms with Crippen molar-refractivity contribution in [3.8, 4) is 11.5 Å². The standard InChI is InChI=1S/C13H9F2NO3/c14-7-3-8(15)5-10(4-7)19-12-6-9(16)1-2-11(12)13(17)18/h1-6H,16H2,(H,17,18). The fourth-order valence-electron chi connectivity index (χ4n) is 1.51. The van der Waals surface area contributed by atoms with Gasteiger partial charge in [-0.3, -0.25) is 0 Å². The van der Waals surface area contributed by atoms with E-state index in [0.717, 1.165) is 12.1 Å². The molecule has 0 saturated carbocycles. The third-order valence-electron chi connectivity index (χ3n) is 2.30. The highest BCUT2D eigenvalue weighted by atomic mass is 19.1. The fourth-order valence-corrected chi connectivity index (χ4v) is 1.51. The lowest BCUT2D eigenvalue weighted by Crippen LogP contribution is -2.01. The van der Waals surface area contributed by atoms with E-state index in [-0.39, 0.29) is 22.7 Å². The largest absolute Gasteiger partial charge is 0.478 e. The number of carboxylic acids is 1. The number of rotatable bonds is 3. The lowest BCUT2D eigenvalue weighted by Gasteiger charge is -2.09. The molecule has 6 heteroatoms. The highest BCUT2D eigenvalue weighted by Crippen LogP contribution is 2.28. The molecule has 2 rings (SSSR count). The first-order valence-corrected chi connectivity index (χ1v) is 5.22. The highest BCUT2D eigenvalue weighted by Gasteiger charge is 2.13. The van der Waals surface area contributed by atoms with Crippen molar-refractivity contribution < 1.29 is 23.4 Å². The molecule has 2 aromatic rings. The maximum absolute atomic E-state index is 13.0. The second-order valence-corrected chi connectivity index (χ2v) is 3.77. The van der Waals surface area contributed by atoms with Crippen molar-refractivity contribution >= 4 is 11.7 Å². The van der Waals surface area contributed by atoms with Crippen LogP contribution in [0.5, 0.6) is 11.5 Å². The molecule has 0 aliphatic carbocycles. The Bertz CT molecular complexity index is 624. The minimum absolute atomic E-state index is 0.0856. The van der Waals surface area contributed by atoms with Gasteiger partial charge in [-0.25, -0.2) is 13.6 Å². The Hall–Kier alpha value is -2.63. The molecule has 0 amide bonds. The lowest BCUT2D eigenvalue weighted by atomic mass is 10.2. The van der Waals surface area contributed by atoms with Gasteiger partial charge >= 0.3 is 5.97 Å². The summed E-state index contributed by atoms with van der Waals surface area (Å²) in [5.41, 5.74) is 5.64. The Balaban J connectivity index is 2.42. The summed E-state index contributed by atoms with van der Waals surface area (Å²) < 4.78 is 31.2. The van der Waals surface area contributed by atoms with E-state index < -0.39 is 17.6 Å². The van der Waals surface area contributed by atoms with E-state index in [1.54, 1.807) is 0 Å². The molecule has 0 unspecified atom stereocenters. The van der Waals surface area contributed by atoms with Gasteiger partial charge in [0.25, 0.3) is 0 Å². The second-order valence-electron chi connectivity index (χ2n) is 3.77. The molecule has 0 bridgehead atoms. The summed E-state index contributed by atoms with van der Waals surface area (Å²) >= 11 is 0. The van der Waals surface area contributed by atoms with Crippen molar-refractivity contribution in [2.24, 2.45) is 0 Å². The number of ether oxygens (including phenoxy) is 1. The Morgan fingerprint density at radius 2 is 1.74 bits per heavy atom. The highest BCUT2D eigenvalue weighted by molar-refractivity contribution is 5.91. The summed E-state index contributed by atoms with van der Waals surface area (Å²) in [4.78, 5) is 11.0. The molecular weight excluding hydrogens is 256 g/mol. The normalized spacial score (nSPS) is 10.2. The van der Waals surface area contributed by atoms with Crippen molar-refractivity contribution in [2.45, 2.75) is 0 Å². The quantitative estimate of drug-likeness (QED) is 0.836. The number of carbonyl (C=O) groups is 1. The SMILES string of the molecule is Nc1ccc(C(=O)O)c(Oc2cc(F)cc(F)c2)c1. The number of hydrogen-bond acceptors (Lipinski definition) is 3. The van der Waals surface area contributed by atoms with Crippen molar-refractivity contribution in [1.82, 2.24) is 0 Å². The number of nitrogens with two attached hydrogens (primary N) is 1. The molecule has 0 atom stereocenters. The second kappa shape index (κ2) is 4.93. The van der Waals surface area contributed by atoms with E-state index in [1.807, 2.05) is 0 Å². The van der Waals surface area contributed by atoms with Crippen LogP contribution in [0.2, 0.25) is 0 Å². The van der Waals surface area contributed by atoms with E-state index in [0.29, 0.717) is 6.07 Å². The van der Waals surface area contributed by atoms with Gasteiger partial charge in [-0.2, -0.15) is 0 Å². The Kier molecular flexibility index (Phi) is 3.33. The molecule has 3 N–H and O–H groups in total. The third kappa shape index (κ3) is 2.98. The summed E-state index contributed by atoms with van der Waals surface area (Å²) in [6, 6.07) is 6.48. The van der Waals surface area contributed by atoms with E-state index in [2.05, 4.69) is 0 Å². The molecule has 0 fully saturated rings.